The number of rotatable bonds is 11. The minimum Gasteiger partial charge on any atom is -0.497 e. The highest BCUT2D eigenvalue weighted by molar-refractivity contribution is 7.98. The summed E-state index contributed by atoms with van der Waals surface area (Å²) in [5, 5.41) is 0.793. The van der Waals surface area contributed by atoms with E-state index in [0.717, 1.165) is 33.1 Å². The normalized spacial score (nSPS) is 10.9. The number of fused-ring (bicyclic) bond motifs is 1. The number of methoxy groups -OCH3 is 4. The largest absolute Gasteiger partial charge is 0.497 e. The topological polar surface area (TPSA) is 71.8 Å². The van der Waals surface area contributed by atoms with Gasteiger partial charge in [-0.3, -0.25) is 4.79 Å². The molecule has 182 valence electrons. The molecule has 0 aliphatic heterocycles. The smallest absolute Gasteiger partial charge is 0.203 e. The van der Waals surface area contributed by atoms with Crippen LogP contribution in [0.25, 0.3) is 11.0 Å². The Morgan fingerprint density at radius 2 is 1.69 bits per heavy atom. The number of benzene rings is 3. The zero-order valence-electron chi connectivity index (χ0n) is 20.2. The Balaban J connectivity index is 1.58. The molecule has 0 N–H and O–H groups in total. The highest BCUT2D eigenvalue weighted by atomic mass is 32.2. The molecule has 4 aromatic rings. The van der Waals surface area contributed by atoms with Crippen LogP contribution in [0.3, 0.4) is 0 Å². The van der Waals surface area contributed by atoms with E-state index in [-0.39, 0.29) is 18.7 Å². The van der Waals surface area contributed by atoms with Crippen molar-refractivity contribution in [2.75, 3.05) is 28.4 Å². The number of hydrogen-bond acceptors (Lipinski definition) is 7. The highest BCUT2D eigenvalue weighted by Crippen LogP contribution is 2.40. The molecule has 4 rings (SSSR count). The van der Waals surface area contributed by atoms with Gasteiger partial charge in [0, 0.05) is 17.7 Å². The Bertz CT molecular complexity index is 1330. The molecule has 7 nitrogen and oxygen atoms in total. The standard InChI is InChI=1S/C27H28N2O5S/c1-31-21-9-7-8-18(14-21)17-35-27-28-22-10-5-6-11-23(22)29(27)16-20(30)15-19-12-13-24(32-2)26(34-4)25(19)33-3/h5-14H,15-17H2,1-4H3. The first-order chi connectivity index (χ1) is 17.1. The number of nitrogens with zero attached hydrogens (tertiary/aromatic N) is 2. The zero-order valence-corrected chi connectivity index (χ0v) is 21.1. The predicted octanol–water partition coefficient (Wildman–Crippen LogP) is 5.17. The maximum atomic E-state index is 13.3. The van der Waals surface area contributed by atoms with Crippen molar-refractivity contribution >= 4 is 28.6 Å². The summed E-state index contributed by atoms with van der Waals surface area (Å²) in [5.41, 5.74) is 3.64. The second-order valence-corrected chi connectivity index (χ2v) is 8.76. The van der Waals surface area contributed by atoms with Crippen molar-refractivity contribution in [1.82, 2.24) is 9.55 Å². The van der Waals surface area contributed by atoms with Crippen molar-refractivity contribution < 1.29 is 23.7 Å². The average molecular weight is 493 g/mol. The molecule has 8 heteroatoms. The van der Waals surface area contributed by atoms with E-state index in [2.05, 4.69) is 6.07 Å². The number of carbonyl (C=O) groups is 1. The highest BCUT2D eigenvalue weighted by Gasteiger charge is 2.20. The second-order valence-electron chi connectivity index (χ2n) is 7.82. The van der Waals surface area contributed by atoms with E-state index >= 15 is 0 Å². The summed E-state index contributed by atoms with van der Waals surface area (Å²) in [4.78, 5) is 18.0. The predicted molar refractivity (Wildman–Crippen MR) is 137 cm³/mol. The van der Waals surface area contributed by atoms with Crippen LogP contribution in [0.4, 0.5) is 0 Å². The molecule has 1 heterocycles. The maximum absolute atomic E-state index is 13.3. The number of carbonyl (C=O) groups excluding carboxylic acids is 1. The lowest BCUT2D eigenvalue weighted by Crippen LogP contribution is -2.14. The van der Waals surface area contributed by atoms with Crippen LogP contribution in [-0.4, -0.2) is 43.8 Å². The Morgan fingerprint density at radius 1 is 0.886 bits per heavy atom. The van der Waals surface area contributed by atoms with Gasteiger partial charge in [-0.2, -0.15) is 0 Å². The SMILES string of the molecule is COc1cccc(CSc2nc3ccccc3n2CC(=O)Cc2ccc(OC)c(OC)c2OC)c1. The van der Waals surface area contributed by atoms with Crippen LogP contribution in [0.5, 0.6) is 23.0 Å². The Morgan fingerprint density at radius 3 is 2.43 bits per heavy atom. The minimum atomic E-state index is 0.0295. The number of Topliss-reactive ketones (excluding diaryl/α,β-unsaturated/α-hetero) is 1. The molecule has 3 aromatic carbocycles. The first-order valence-corrected chi connectivity index (χ1v) is 12.1. The number of hydrogen-bond donors (Lipinski definition) is 0. The molecular formula is C27H28N2O5S. The molecular weight excluding hydrogens is 464 g/mol. The third kappa shape index (κ3) is 5.38. The molecule has 0 unspecified atom stereocenters. The van der Waals surface area contributed by atoms with E-state index in [9.17, 15) is 4.79 Å². The van der Waals surface area contributed by atoms with Crippen molar-refractivity contribution in [3.63, 3.8) is 0 Å². The third-order valence-corrected chi connectivity index (χ3v) is 6.68. The van der Waals surface area contributed by atoms with Gasteiger partial charge in [0.25, 0.3) is 0 Å². The van der Waals surface area contributed by atoms with Gasteiger partial charge in [-0.1, -0.05) is 42.1 Å². The molecule has 0 fully saturated rings. The average Bonchev–Trinajstić information content (AvgIpc) is 3.24. The lowest BCUT2D eigenvalue weighted by molar-refractivity contribution is -0.119. The van der Waals surface area contributed by atoms with Crippen LogP contribution in [0, 0.1) is 0 Å². The van der Waals surface area contributed by atoms with E-state index in [1.165, 1.54) is 0 Å². The van der Waals surface area contributed by atoms with Gasteiger partial charge in [0.15, 0.2) is 22.4 Å². The summed E-state index contributed by atoms with van der Waals surface area (Å²) in [6.45, 7) is 0.193. The van der Waals surface area contributed by atoms with Crippen LogP contribution in [0.2, 0.25) is 0 Å². The van der Waals surface area contributed by atoms with Crippen molar-refractivity contribution in [2.24, 2.45) is 0 Å². The van der Waals surface area contributed by atoms with Gasteiger partial charge in [0.1, 0.15) is 5.75 Å². The van der Waals surface area contributed by atoms with Gasteiger partial charge in [-0.25, -0.2) is 4.98 Å². The van der Waals surface area contributed by atoms with Crippen LogP contribution in [0.15, 0.2) is 65.8 Å². The van der Waals surface area contributed by atoms with Crippen LogP contribution in [0.1, 0.15) is 11.1 Å². The molecule has 0 aliphatic carbocycles. The monoisotopic (exact) mass is 492 g/mol. The van der Waals surface area contributed by atoms with Gasteiger partial charge >= 0.3 is 0 Å². The molecule has 0 saturated carbocycles. The van der Waals surface area contributed by atoms with E-state index in [4.69, 9.17) is 23.9 Å². The number of ether oxygens (including phenoxy) is 4. The van der Waals surface area contributed by atoms with E-state index in [1.54, 1.807) is 46.3 Å². The molecule has 0 radical (unpaired) electrons. The number of imidazole rings is 1. The lowest BCUT2D eigenvalue weighted by atomic mass is 10.1. The molecule has 0 saturated heterocycles. The summed E-state index contributed by atoms with van der Waals surface area (Å²) in [5.74, 6) is 3.08. The van der Waals surface area contributed by atoms with Crippen LogP contribution in [-0.2, 0) is 23.5 Å². The fourth-order valence-electron chi connectivity index (χ4n) is 3.97. The molecule has 35 heavy (non-hydrogen) atoms. The van der Waals surface area contributed by atoms with Gasteiger partial charge < -0.3 is 23.5 Å². The number of aromatic nitrogens is 2. The molecule has 1 aromatic heterocycles. The summed E-state index contributed by atoms with van der Waals surface area (Å²) in [6.07, 6.45) is 0.191. The lowest BCUT2D eigenvalue weighted by Gasteiger charge is -2.16. The summed E-state index contributed by atoms with van der Waals surface area (Å²) < 4.78 is 23.7. The Labute approximate surface area is 209 Å². The molecule has 0 bridgehead atoms. The van der Waals surface area contributed by atoms with Gasteiger partial charge in [0.2, 0.25) is 5.75 Å². The van der Waals surface area contributed by atoms with Gasteiger partial charge in [-0.15, -0.1) is 0 Å². The quantitative estimate of drug-likeness (QED) is 0.267. The van der Waals surface area contributed by atoms with Crippen molar-refractivity contribution in [1.29, 1.82) is 0 Å². The Hall–Kier alpha value is -3.65. The summed E-state index contributed by atoms with van der Waals surface area (Å²) >= 11 is 1.59. The fraction of sp³-hybridized carbons (Fsp3) is 0.259. The van der Waals surface area contributed by atoms with E-state index in [1.807, 2.05) is 53.1 Å². The van der Waals surface area contributed by atoms with Gasteiger partial charge in [0.05, 0.1) is 46.0 Å². The first-order valence-electron chi connectivity index (χ1n) is 11.1. The Kier molecular flexibility index (Phi) is 7.82. The molecule has 0 amide bonds. The van der Waals surface area contributed by atoms with Crippen LogP contribution >= 0.6 is 11.8 Å². The van der Waals surface area contributed by atoms with Crippen LogP contribution < -0.4 is 18.9 Å². The van der Waals surface area contributed by atoms with Crippen molar-refractivity contribution in [3.05, 3.63) is 71.8 Å². The van der Waals surface area contributed by atoms with E-state index < -0.39 is 0 Å². The fourth-order valence-corrected chi connectivity index (χ4v) is 4.93. The second kappa shape index (κ2) is 11.2. The molecule has 0 atom stereocenters. The maximum Gasteiger partial charge on any atom is 0.203 e. The third-order valence-electron chi connectivity index (χ3n) is 5.63. The molecule has 0 spiro atoms. The number of para-hydroxylation sites is 2. The summed E-state index contributed by atoms with van der Waals surface area (Å²) in [6, 6.07) is 19.4. The van der Waals surface area contributed by atoms with Gasteiger partial charge in [-0.05, 0) is 35.9 Å². The number of ketones is 1. The van der Waals surface area contributed by atoms with Crippen molar-refractivity contribution in [3.8, 4) is 23.0 Å². The minimum absolute atomic E-state index is 0.0295. The van der Waals surface area contributed by atoms with E-state index in [0.29, 0.717) is 23.0 Å². The first kappa shape index (κ1) is 24.5. The number of thioether (sulfide) groups is 1. The summed E-state index contributed by atoms with van der Waals surface area (Å²) in [7, 11) is 6.33. The molecule has 0 aliphatic rings. The van der Waals surface area contributed by atoms with Crippen molar-refractivity contribution in [2.45, 2.75) is 23.9 Å². The zero-order chi connectivity index (χ0) is 24.8.